The lowest BCUT2D eigenvalue weighted by molar-refractivity contribution is -0.122. The third-order valence-corrected chi connectivity index (χ3v) is 6.93. The molecule has 2 aliphatic rings. The van der Waals surface area contributed by atoms with Crippen molar-refractivity contribution in [2.45, 2.75) is 62.8 Å². The summed E-state index contributed by atoms with van der Waals surface area (Å²) < 4.78 is 0. The van der Waals surface area contributed by atoms with Gasteiger partial charge in [-0.3, -0.25) is 9.69 Å². The van der Waals surface area contributed by atoms with Crippen molar-refractivity contribution in [3.63, 3.8) is 0 Å². The van der Waals surface area contributed by atoms with Gasteiger partial charge in [0.2, 0.25) is 5.91 Å². The molecule has 1 saturated carbocycles. The Balaban J connectivity index is 1.53. The van der Waals surface area contributed by atoms with Gasteiger partial charge in [0.1, 0.15) is 0 Å². The largest absolute Gasteiger partial charge is 0.353 e. The monoisotopic (exact) mass is 390 g/mol. The number of rotatable bonds is 6. The molecule has 1 heterocycles. The SMILES string of the molecule is O=C(NCC1(N2CCCCC2)CCCCC1)C(c1ccccc1)c1ccccc1. The fraction of sp³-hybridized carbons (Fsp3) is 0.500. The van der Waals surface area contributed by atoms with Gasteiger partial charge in [-0.1, -0.05) is 86.3 Å². The van der Waals surface area contributed by atoms with Crippen LogP contribution in [0, 0.1) is 0 Å². The first-order chi connectivity index (χ1) is 14.3. The van der Waals surface area contributed by atoms with Crippen molar-refractivity contribution in [3.05, 3.63) is 71.8 Å². The van der Waals surface area contributed by atoms with Crippen molar-refractivity contribution in [3.8, 4) is 0 Å². The van der Waals surface area contributed by atoms with Gasteiger partial charge in [-0.2, -0.15) is 0 Å². The molecular formula is C26H34N2O. The molecule has 2 fully saturated rings. The van der Waals surface area contributed by atoms with Crippen molar-refractivity contribution in [1.82, 2.24) is 10.2 Å². The standard InChI is InChI=1S/C26H34N2O/c29-25(24(22-13-5-1-6-14-22)23-15-7-2-8-16-23)27-21-26(17-9-3-10-18-26)28-19-11-4-12-20-28/h1-2,5-8,13-16,24H,3-4,9-12,17-21H2,(H,27,29). The van der Waals surface area contributed by atoms with Crippen molar-refractivity contribution in [2.24, 2.45) is 0 Å². The van der Waals surface area contributed by atoms with Gasteiger partial charge in [-0.15, -0.1) is 0 Å². The summed E-state index contributed by atoms with van der Waals surface area (Å²) in [6.45, 7) is 3.16. The van der Waals surface area contributed by atoms with Crippen LogP contribution in [0.15, 0.2) is 60.7 Å². The molecule has 0 spiro atoms. The van der Waals surface area contributed by atoms with E-state index in [0.29, 0.717) is 0 Å². The fourth-order valence-corrected chi connectivity index (χ4v) is 5.32. The van der Waals surface area contributed by atoms with Crippen LogP contribution >= 0.6 is 0 Å². The molecule has 0 radical (unpaired) electrons. The smallest absolute Gasteiger partial charge is 0.232 e. The summed E-state index contributed by atoms with van der Waals surface area (Å²) in [6, 6.07) is 20.4. The van der Waals surface area contributed by atoms with E-state index in [4.69, 9.17) is 0 Å². The molecule has 0 bridgehead atoms. The van der Waals surface area contributed by atoms with Gasteiger partial charge in [0.25, 0.3) is 0 Å². The van der Waals surface area contributed by atoms with Gasteiger partial charge in [-0.05, 0) is 49.9 Å². The number of nitrogens with one attached hydrogen (secondary N) is 1. The highest BCUT2D eigenvalue weighted by Gasteiger charge is 2.39. The van der Waals surface area contributed by atoms with Crippen molar-refractivity contribution in [1.29, 1.82) is 0 Å². The van der Waals surface area contributed by atoms with Crippen LogP contribution in [-0.4, -0.2) is 36.0 Å². The summed E-state index contributed by atoms with van der Waals surface area (Å²) in [5, 5.41) is 3.41. The van der Waals surface area contributed by atoms with Crippen LogP contribution in [0.4, 0.5) is 0 Å². The third-order valence-electron chi connectivity index (χ3n) is 6.93. The van der Waals surface area contributed by atoms with E-state index in [9.17, 15) is 4.79 Å². The zero-order chi connectivity index (χ0) is 19.9. The number of benzene rings is 2. The van der Waals surface area contributed by atoms with Gasteiger partial charge in [0.15, 0.2) is 0 Å². The summed E-state index contributed by atoms with van der Waals surface area (Å²) >= 11 is 0. The molecule has 29 heavy (non-hydrogen) atoms. The predicted molar refractivity (Wildman–Crippen MR) is 119 cm³/mol. The number of hydrogen-bond donors (Lipinski definition) is 1. The Morgan fingerprint density at radius 1 is 0.793 bits per heavy atom. The molecule has 1 N–H and O–H groups in total. The zero-order valence-corrected chi connectivity index (χ0v) is 17.5. The van der Waals surface area contributed by atoms with Crippen molar-refractivity contribution < 1.29 is 4.79 Å². The number of piperidine rings is 1. The lowest BCUT2D eigenvalue weighted by atomic mass is 9.79. The minimum Gasteiger partial charge on any atom is -0.353 e. The predicted octanol–water partition coefficient (Wildman–Crippen LogP) is 5.12. The Labute approximate surface area is 175 Å². The molecule has 0 atom stereocenters. The Bertz CT molecular complexity index is 722. The van der Waals surface area contributed by atoms with Crippen LogP contribution in [0.3, 0.4) is 0 Å². The summed E-state index contributed by atoms with van der Waals surface area (Å²) in [4.78, 5) is 16.2. The summed E-state index contributed by atoms with van der Waals surface area (Å²) in [6.07, 6.45) is 10.3. The summed E-state index contributed by atoms with van der Waals surface area (Å²) in [7, 11) is 0. The van der Waals surface area contributed by atoms with E-state index in [0.717, 1.165) is 17.7 Å². The number of carbonyl (C=O) groups is 1. The highest BCUT2D eigenvalue weighted by atomic mass is 16.1. The van der Waals surface area contributed by atoms with Crippen LogP contribution in [0.1, 0.15) is 68.4 Å². The van der Waals surface area contributed by atoms with E-state index < -0.39 is 0 Å². The molecule has 0 unspecified atom stereocenters. The Kier molecular flexibility index (Phi) is 6.66. The van der Waals surface area contributed by atoms with Gasteiger partial charge in [0, 0.05) is 12.1 Å². The molecule has 3 nitrogen and oxygen atoms in total. The van der Waals surface area contributed by atoms with E-state index in [1.165, 1.54) is 64.5 Å². The maximum Gasteiger partial charge on any atom is 0.232 e. The zero-order valence-electron chi connectivity index (χ0n) is 17.5. The molecule has 1 aliphatic carbocycles. The average molecular weight is 391 g/mol. The number of amides is 1. The number of likely N-dealkylation sites (tertiary alicyclic amines) is 1. The molecule has 1 amide bonds. The lowest BCUT2D eigenvalue weighted by Gasteiger charge is -2.48. The molecule has 0 aromatic heterocycles. The van der Waals surface area contributed by atoms with Gasteiger partial charge < -0.3 is 5.32 Å². The molecular weight excluding hydrogens is 356 g/mol. The number of carbonyl (C=O) groups excluding carboxylic acids is 1. The quantitative estimate of drug-likeness (QED) is 0.742. The van der Waals surface area contributed by atoms with Crippen LogP contribution in [0.2, 0.25) is 0 Å². The molecule has 2 aromatic carbocycles. The van der Waals surface area contributed by atoms with E-state index in [2.05, 4.69) is 34.5 Å². The maximum atomic E-state index is 13.5. The minimum atomic E-state index is -0.251. The Morgan fingerprint density at radius 3 is 1.86 bits per heavy atom. The summed E-state index contributed by atoms with van der Waals surface area (Å²) in [5.41, 5.74) is 2.28. The van der Waals surface area contributed by atoms with E-state index >= 15 is 0 Å². The second-order valence-electron chi connectivity index (χ2n) is 8.80. The first-order valence-corrected chi connectivity index (χ1v) is 11.4. The van der Waals surface area contributed by atoms with Gasteiger partial charge >= 0.3 is 0 Å². The van der Waals surface area contributed by atoms with Crippen LogP contribution < -0.4 is 5.32 Å². The first kappa shape index (κ1) is 20.2. The maximum absolute atomic E-state index is 13.5. The normalized spacial score (nSPS) is 19.8. The molecule has 3 heteroatoms. The third kappa shape index (κ3) is 4.72. The van der Waals surface area contributed by atoms with E-state index in [1.54, 1.807) is 0 Å². The molecule has 1 aliphatic heterocycles. The number of hydrogen-bond acceptors (Lipinski definition) is 2. The highest BCUT2D eigenvalue weighted by Crippen LogP contribution is 2.35. The summed E-state index contributed by atoms with van der Waals surface area (Å²) in [5.74, 6) is -0.122. The van der Waals surface area contributed by atoms with Crippen LogP contribution in [0.25, 0.3) is 0 Å². The Morgan fingerprint density at radius 2 is 1.31 bits per heavy atom. The highest BCUT2D eigenvalue weighted by molar-refractivity contribution is 5.87. The van der Waals surface area contributed by atoms with E-state index in [1.807, 2.05) is 36.4 Å². The fourth-order valence-electron chi connectivity index (χ4n) is 5.32. The minimum absolute atomic E-state index is 0.129. The van der Waals surface area contributed by atoms with Crippen LogP contribution in [0.5, 0.6) is 0 Å². The van der Waals surface area contributed by atoms with Gasteiger partial charge in [0.05, 0.1) is 5.92 Å². The average Bonchev–Trinajstić information content (AvgIpc) is 2.81. The van der Waals surface area contributed by atoms with E-state index in [-0.39, 0.29) is 17.4 Å². The molecule has 1 saturated heterocycles. The van der Waals surface area contributed by atoms with Crippen molar-refractivity contribution >= 4 is 5.91 Å². The molecule has 4 rings (SSSR count). The van der Waals surface area contributed by atoms with Crippen LogP contribution in [-0.2, 0) is 4.79 Å². The van der Waals surface area contributed by atoms with Gasteiger partial charge in [-0.25, -0.2) is 0 Å². The molecule has 2 aromatic rings. The molecule has 154 valence electrons. The van der Waals surface area contributed by atoms with Crippen molar-refractivity contribution in [2.75, 3.05) is 19.6 Å². The lowest BCUT2D eigenvalue weighted by Crippen LogP contribution is -2.58. The number of nitrogens with zero attached hydrogens (tertiary/aromatic N) is 1. The second-order valence-corrected chi connectivity index (χ2v) is 8.80. The topological polar surface area (TPSA) is 32.3 Å². The second kappa shape index (κ2) is 9.58. The Hall–Kier alpha value is -2.13. The first-order valence-electron chi connectivity index (χ1n) is 11.4.